The van der Waals surface area contributed by atoms with E-state index in [2.05, 4.69) is 11.8 Å². The summed E-state index contributed by atoms with van der Waals surface area (Å²) < 4.78 is 4.98. The van der Waals surface area contributed by atoms with Gasteiger partial charge < -0.3 is 15.4 Å². The molecule has 0 aliphatic carbocycles. The second kappa shape index (κ2) is 5.95. The first-order chi connectivity index (χ1) is 9.11. The molecule has 4 heteroatoms. The van der Waals surface area contributed by atoms with Gasteiger partial charge in [-0.15, -0.1) is 0 Å². The molecule has 4 nitrogen and oxygen atoms in total. The summed E-state index contributed by atoms with van der Waals surface area (Å²) in [6.07, 6.45) is 2.42. The number of benzene rings is 1. The van der Waals surface area contributed by atoms with Crippen LogP contribution in [0.4, 0.5) is 11.4 Å². The summed E-state index contributed by atoms with van der Waals surface area (Å²) in [4.78, 5) is 14.0. The molecule has 1 fully saturated rings. The fourth-order valence-electron chi connectivity index (χ4n) is 2.41. The van der Waals surface area contributed by atoms with E-state index in [1.165, 1.54) is 12.8 Å². The van der Waals surface area contributed by atoms with Crippen molar-refractivity contribution < 1.29 is 9.53 Å². The quantitative estimate of drug-likeness (QED) is 0.672. The second-order valence-corrected chi connectivity index (χ2v) is 5.16. The van der Waals surface area contributed by atoms with Crippen molar-refractivity contribution in [3.63, 3.8) is 0 Å². The molecule has 1 aliphatic heterocycles. The third kappa shape index (κ3) is 3.19. The summed E-state index contributed by atoms with van der Waals surface area (Å²) in [5.41, 5.74) is 8.00. The van der Waals surface area contributed by atoms with Crippen LogP contribution in [0.1, 0.15) is 37.0 Å². The van der Waals surface area contributed by atoms with Gasteiger partial charge >= 0.3 is 5.97 Å². The molecule has 0 aromatic heterocycles. The number of esters is 1. The van der Waals surface area contributed by atoms with E-state index in [9.17, 15) is 4.79 Å². The lowest BCUT2D eigenvalue weighted by Gasteiger charge is -2.32. The lowest BCUT2D eigenvalue weighted by atomic mass is 9.98. The van der Waals surface area contributed by atoms with Gasteiger partial charge in [-0.3, -0.25) is 0 Å². The third-order valence-corrected chi connectivity index (χ3v) is 3.68. The Kier molecular flexibility index (Phi) is 4.30. The van der Waals surface area contributed by atoms with Gasteiger partial charge in [-0.25, -0.2) is 4.79 Å². The second-order valence-electron chi connectivity index (χ2n) is 5.16. The maximum Gasteiger partial charge on any atom is 0.340 e. The highest BCUT2D eigenvalue weighted by molar-refractivity contribution is 5.95. The topological polar surface area (TPSA) is 55.6 Å². The summed E-state index contributed by atoms with van der Waals surface area (Å²) in [7, 11) is 0. The normalized spacial score (nSPS) is 16.4. The number of anilines is 2. The standard InChI is InChI=1S/C15H22N2O2/c1-3-19-15(18)13-5-4-12(10-14(13)16)17-8-6-11(2)7-9-17/h4-5,10-11H,3,6-9,16H2,1-2H3. The maximum atomic E-state index is 11.7. The Morgan fingerprint density at radius 1 is 1.42 bits per heavy atom. The van der Waals surface area contributed by atoms with Crippen LogP contribution >= 0.6 is 0 Å². The van der Waals surface area contributed by atoms with Gasteiger partial charge in [0.2, 0.25) is 0 Å². The van der Waals surface area contributed by atoms with Crippen LogP contribution in [0.15, 0.2) is 18.2 Å². The SMILES string of the molecule is CCOC(=O)c1ccc(N2CCC(C)CC2)cc1N. The fraction of sp³-hybridized carbons (Fsp3) is 0.533. The molecule has 1 aromatic rings. The number of hydrogen-bond donors (Lipinski definition) is 1. The number of piperidine rings is 1. The largest absolute Gasteiger partial charge is 0.462 e. The Morgan fingerprint density at radius 2 is 2.11 bits per heavy atom. The Morgan fingerprint density at radius 3 is 2.68 bits per heavy atom. The average Bonchev–Trinajstić information content (AvgIpc) is 2.39. The van der Waals surface area contributed by atoms with E-state index >= 15 is 0 Å². The van der Waals surface area contributed by atoms with Gasteiger partial charge in [0.15, 0.2) is 0 Å². The van der Waals surface area contributed by atoms with E-state index < -0.39 is 0 Å². The van der Waals surface area contributed by atoms with Crippen molar-refractivity contribution in [2.24, 2.45) is 5.92 Å². The van der Waals surface area contributed by atoms with E-state index in [1.807, 2.05) is 12.1 Å². The van der Waals surface area contributed by atoms with E-state index in [1.54, 1.807) is 13.0 Å². The number of rotatable bonds is 3. The third-order valence-electron chi connectivity index (χ3n) is 3.68. The molecule has 0 unspecified atom stereocenters. The zero-order valence-corrected chi connectivity index (χ0v) is 11.7. The summed E-state index contributed by atoms with van der Waals surface area (Å²) in [5.74, 6) is 0.450. The molecule has 0 radical (unpaired) electrons. The van der Waals surface area contributed by atoms with Gasteiger partial charge in [-0.2, -0.15) is 0 Å². The highest BCUT2D eigenvalue weighted by Gasteiger charge is 2.18. The van der Waals surface area contributed by atoms with Gasteiger partial charge in [-0.05, 0) is 43.9 Å². The summed E-state index contributed by atoms with van der Waals surface area (Å²) in [6.45, 7) is 6.55. The summed E-state index contributed by atoms with van der Waals surface area (Å²) in [6, 6.07) is 5.60. The Hall–Kier alpha value is -1.71. The zero-order chi connectivity index (χ0) is 13.8. The van der Waals surface area contributed by atoms with Crippen molar-refractivity contribution in [2.75, 3.05) is 30.3 Å². The molecule has 1 heterocycles. The number of hydrogen-bond acceptors (Lipinski definition) is 4. The molecule has 2 rings (SSSR count). The van der Waals surface area contributed by atoms with Gasteiger partial charge in [0.25, 0.3) is 0 Å². The molecule has 104 valence electrons. The lowest BCUT2D eigenvalue weighted by Crippen LogP contribution is -2.32. The van der Waals surface area contributed by atoms with E-state index in [0.29, 0.717) is 17.9 Å². The zero-order valence-electron chi connectivity index (χ0n) is 11.7. The van der Waals surface area contributed by atoms with Crippen LogP contribution in [0.25, 0.3) is 0 Å². The number of carbonyl (C=O) groups is 1. The lowest BCUT2D eigenvalue weighted by molar-refractivity contribution is 0.0527. The molecule has 0 saturated carbocycles. The van der Waals surface area contributed by atoms with Crippen molar-refractivity contribution in [1.29, 1.82) is 0 Å². The molecule has 2 N–H and O–H groups in total. The van der Waals surface area contributed by atoms with Crippen LogP contribution < -0.4 is 10.6 Å². The van der Waals surface area contributed by atoms with Crippen molar-refractivity contribution in [1.82, 2.24) is 0 Å². The minimum absolute atomic E-state index is 0.348. The smallest absolute Gasteiger partial charge is 0.340 e. The van der Waals surface area contributed by atoms with Crippen LogP contribution in [0, 0.1) is 5.92 Å². The molecule has 1 aliphatic rings. The van der Waals surface area contributed by atoms with Gasteiger partial charge in [-0.1, -0.05) is 6.92 Å². The van der Waals surface area contributed by atoms with Gasteiger partial charge in [0.1, 0.15) is 0 Å². The minimum Gasteiger partial charge on any atom is -0.462 e. The Balaban J connectivity index is 2.12. The van der Waals surface area contributed by atoms with Crippen LogP contribution in [0.2, 0.25) is 0 Å². The number of nitrogen functional groups attached to an aromatic ring is 1. The molecular weight excluding hydrogens is 240 g/mol. The summed E-state index contributed by atoms with van der Waals surface area (Å²) in [5, 5.41) is 0. The van der Waals surface area contributed by atoms with Crippen LogP contribution in [0.5, 0.6) is 0 Å². The molecule has 1 aromatic carbocycles. The molecule has 0 atom stereocenters. The van der Waals surface area contributed by atoms with Crippen molar-refractivity contribution >= 4 is 17.3 Å². The Bertz CT molecular complexity index is 451. The van der Waals surface area contributed by atoms with E-state index in [0.717, 1.165) is 24.7 Å². The van der Waals surface area contributed by atoms with Gasteiger partial charge in [0, 0.05) is 24.5 Å². The predicted octanol–water partition coefficient (Wildman–Crippen LogP) is 2.68. The average molecular weight is 262 g/mol. The van der Waals surface area contributed by atoms with Gasteiger partial charge in [0.05, 0.1) is 12.2 Å². The molecule has 0 bridgehead atoms. The van der Waals surface area contributed by atoms with Crippen LogP contribution in [0.3, 0.4) is 0 Å². The highest BCUT2D eigenvalue weighted by Crippen LogP contribution is 2.26. The van der Waals surface area contributed by atoms with E-state index in [-0.39, 0.29) is 5.97 Å². The molecule has 0 amide bonds. The Labute approximate surface area is 114 Å². The van der Waals surface area contributed by atoms with Crippen LogP contribution in [-0.2, 0) is 4.74 Å². The molecular formula is C15H22N2O2. The molecule has 19 heavy (non-hydrogen) atoms. The number of ether oxygens (including phenoxy) is 1. The van der Waals surface area contributed by atoms with Crippen molar-refractivity contribution in [3.05, 3.63) is 23.8 Å². The minimum atomic E-state index is -0.348. The van der Waals surface area contributed by atoms with E-state index in [4.69, 9.17) is 10.5 Å². The predicted molar refractivity (Wildman–Crippen MR) is 77.4 cm³/mol. The molecule has 1 saturated heterocycles. The van der Waals surface area contributed by atoms with Crippen LogP contribution in [-0.4, -0.2) is 25.7 Å². The first-order valence-corrected chi connectivity index (χ1v) is 6.93. The fourth-order valence-corrected chi connectivity index (χ4v) is 2.41. The first-order valence-electron chi connectivity index (χ1n) is 6.93. The van der Waals surface area contributed by atoms with Crippen molar-refractivity contribution in [3.8, 4) is 0 Å². The summed E-state index contributed by atoms with van der Waals surface area (Å²) >= 11 is 0. The number of carbonyl (C=O) groups excluding carboxylic acids is 1. The molecule has 0 spiro atoms. The number of nitrogens with two attached hydrogens (primary N) is 1. The number of nitrogens with zero attached hydrogens (tertiary/aromatic N) is 1. The highest BCUT2D eigenvalue weighted by atomic mass is 16.5. The maximum absolute atomic E-state index is 11.7. The first kappa shape index (κ1) is 13.7. The van der Waals surface area contributed by atoms with Crippen molar-refractivity contribution in [2.45, 2.75) is 26.7 Å². The monoisotopic (exact) mass is 262 g/mol.